The van der Waals surface area contributed by atoms with E-state index < -0.39 is 23.9 Å². The Kier molecular flexibility index (Phi) is 7.04. The molecule has 3 aromatic rings. The molecule has 2 aromatic carbocycles. The Labute approximate surface area is 186 Å². The zero-order valence-electron chi connectivity index (χ0n) is 16.2. The van der Waals surface area contributed by atoms with Crippen LogP contribution in [-0.4, -0.2) is 36.8 Å². The molecule has 0 fully saturated rings. The quantitative estimate of drug-likeness (QED) is 0.289. The molecule has 168 valence electrons. The lowest BCUT2D eigenvalue weighted by Gasteiger charge is -2.09. The SMILES string of the molecule is COC(=O)c1sc2cc(SCC(=O)Nc3cccc(F)c3)ccc2c1NC(=O)C(F)(F)F. The number of thioether (sulfide) groups is 1. The zero-order chi connectivity index (χ0) is 23.5. The van der Waals surface area contributed by atoms with E-state index in [4.69, 9.17) is 0 Å². The highest BCUT2D eigenvalue weighted by atomic mass is 32.2. The van der Waals surface area contributed by atoms with Crippen molar-refractivity contribution in [3.05, 3.63) is 53.2 Å². The van der Waals surface area contributed by atoms with Gasteiger partial charge in [-0.1, -0.05) is 12.1 Å². The van der Waals surface area contributed by atoms with Crippen LogP contribution in [0.15, 0.2) is 47.4 Å². The summed E-state index contributed by atoms with van der Waals surface area (Å²) in [5.41, 5.74) is 0.0108. The highest BCUT2D eigenvalue weighted by molar-refractivity contribution is 8.00. The largest absolute Gasteiger partial charge is 0.471 e. The van der Waals surface area contributed by atoms with E-state index in [0.717, 1.165) is 30.2 Å². The van der Waals surface area contributed by atoms with Crippen molar-refractivity contribution in [1.82, 2.24) is 0 Å². The smallest absolute Gasteiger partial charge is 0.465 e. The van der Waals surface area contributed by atoms with Gasteiger partial charge in [-0.05, 0) is 30.3 Å². The lowest BCUT2D eigenvalue weighted by molar-refractivity contribution is -0.167. The zero-order valence-corrected chi connectivity index (χ0v) is 17.8. The fourth-order valence-electron chi connectivity index (χ4n) is 2.62. The van der Waals surface area contributed by atoms with Gasteiger partial charge in [0.1, 0.15) is 10.7 Å². The second kappa shape index (κ2) is 9.57. The van der Waals surface area contributed by atoms with Crippen LogP contribution in [0, 0.1) is 5.82 Å². The van der Waals surface area contributed by atoms with Crippen LogP contribution in [-0.2, 0) is 14.3 Å². The van der Waals surface area contributed by atoms with E-state index in [1.54, 1.807) is 17.4 Å². The molecule has 2 amide bonds. The Morgan fingerprint density at radius 3 is 2.50 bits per heavy atom. The van der Waals surface area contributed by atoms with Crippen molar-refractivity contribution in [1.29, 1.82) is 0 Å². The Balaban J connectivity index is 1.79. The highest BCUT2D eigenvalue weighted by Gasteiger charge is 2.40. The lowest BCUT2D eigenvalue weighted by atomic mass is 10.2. The summed E-state index contributed by atoms with van der Waals surface area (Å²) in [6, 6.07) is 9.97. The number of esters is 1. The molecule has 0 aliphatic carbocycles. The van der Waals surface area contributed by atoms with Gasteiger partial charge in [-0.15, -0.1) is 23.1 Å². The van der Waals surface area contributed by atoms with Gasteiger partial charge in [0.2, 0.25) is 5.91 Å². The van der Waals surface area contributed by atoms with Crippen LogP contribution in [0.5, 0.6) is 0 Å². The number of hydrogen-bond donors (Lipinski definition) is 2. The number of amides is 2. The second-order valence-corrected chi connectivity index (χ2v) is 8.36. The first-order valence-corrected chi connectivity index (χ1v) is 10.6. The van der Waals surface area contributed by atoms with Gasteiger partial charge in [0.05, 0.1) is 18.6 Å². The van der Waals surface area contributed by atoms with Crippen LogP contribution < -0.4 is 10.6 Å². The number of fused-ring (bicyclic) bond motifs is 1. The third kappa shape index (κ3) is 5.56. The standard InChI is InChI=1S/C20H14F4N2O4S2/c1-30-18(28)17-16(26-19(29)20(22,23)24)13-6-5-12(8-14(13)32-17)31-9-15(27)25-11-4-2-3-10(21)7-11/h2-8H,9H2,1H3,(H,25,27)(H,26,29). The number of nitrogens with one attached hydrogen (secondary N) is 2. The van der Waals surface area contributed by atoms with E-state index in [1.165, 1.54) is 30.3 Å². The number of anilines is 2. The number of halogens is 4. The van der Waals surface area contributed by atoms with Gasteiger partial charge in [0.25, 0.3) is 0 Å². The van der Waals surface area contributed by atoms with Crippen LogP contribution in [0.4, 0.5) is 28.9 Å². The number of alkyl halides is 3. The molecule has 0 spiro atoms. The number of carbonyl (C=O) groups excluding carboxylic acids is 3. The molecule has 12 heteroatoms. The van der Waals surface area contributed by atoms with Crippen molar-refractivity contribution in [3.8, 4) is 0 Å². The van der Waals surface area contributed by atoms with E-state index in [2.05, 4.69) is 10.1 Å². The molecule has 0 atom stereocenters. The summed E-state index contributed by atoms with van der Waals surface area (Å²) < 4.78 is 56.3. The normalized spacial score (nSPS) is 11.3. The maximum absolute atomic E-state index is 13.2. The van der Waals surface area contributed by atoms with Gasteiger partial charge >= 0.3 is 18.1 Å². The summed E-state index contributed by atoms with van der Waals surface area (Å²) in [7, 11) is 1.07. The molecule has 0 radical (unpaired) electrons. The molecular formula is C20H14F4N2O4S2. The third-order valence-electron chi connectivity index (χ3n) is 4.01. The first-order chi connectivity index (χ1) is 15.1. The van der Waals surface area contributed by atoms with Crippen molar-refractivity contribution in [3.63, 3.8) is 0 Å². The average molecular weight is 486 g/mol. The summed E-state index contributed by atoms with van der Waals surface area (Å²) in [5, 5.41) is 4.51. The number of methoxy groups -OCH3 is 1. The van der Waals surface area contributed by atoms with Crippen LogP contribution in [0.1, 0.15) is 9.67 Å². The fourth-order valence-corrected chi connectivity index (χ4v) is 4.55. The number of benzene rings is 2. The van der Waals surface area contributed by atoms with Crippen molar-refractivity contribution in [2.45, 2.75) is 11.1 Å². The molecule has 0 saturated carbocycles. The van der Waals surface area contributed by atoms with Crippen LogP contribution in [0.2, 0.25) is 0 Å². The van der Waals surface area contributed by atoms with Gasteiger partial charge in [0, 0.05) is 20.7 Å². The molecule has 1 aromatic heterocycles. The molecule has 0 unspecified atom stereocenters. The molecule has 6 nitrogen and oxygen atoms in total. The molecule has 3 rings (SSSR count). The van der Waals surface area contributed by atoms with E-state index in [1.807, 2.05) is 0 Å². The summed E-state index contributed by atoms with van der Waals surface area (Å²) in [5.74, 6) is -4.01. The van der Waals surface area contributed by atoms with E-state index in [9.17, 15) is 31.9 Å². The number of ether oxygens (including phenoxy) is 1. The van der Waals surface area contributed by atoms with Gasteiger partial charge in [-0.25, -0.2) is 9.18 Å². The topological polar surface area (TPSA) is 84.5 Å². The van der Waals surface area contributed by atoms with Crippen molar-refractivity contribution < 1.29 is 36.7 Å². The minimum Gasteiger partial charge on any atom is -0.465 e. The Morgan fingerprint density at radius 2 is 1.84 bits per heavy atom. The summed E-state index contributed by atoms with van der Waals surface area (Å²) in [4.78, 5) is 35.9. The third-order valence-corrected chi connectivity index (χ3v) is 6.13. The molecule has 0 bridgehead atoms. The Morgan fingerprint density at radius 1 is 1.09 bits per heavy atom. The lowest BCUT2D eigenvalue weighted by Crippen LogP contribution is -2.30. The monoisotopic (exact) mass is 486 g/mol. The maximum atomic E-state index is 13.2. The van der Waals surface area contributed by atoms with E-state index in [-0.39, 0.29) is 27.6 Å². The van der Waals surface area contributed by atoms with Gasteiger partial charge < -0.3 is 15.4 Å². The Hall–Kier alpha value is -3.12. The number of thiophene rings is 1. The minimum absolute atomic E-state index is 0.0189. The molecule has 0 saturated heterocycles. The number of carbonyl (C=O) groups is 3. The van der Waals surface area contributed by atoms with Gasteiger partial charge in [-0.3, -0.25) is 9.59 Å². The van der Waals surface area contributed by atoms with Gasteiger partial charge in [-0.2, -0.15) is 13.2 Å². The number of hydrogen-bond acceptors (Lipinski definition) is 6. The van der Waals surface area contributed by atoms with Crippen molar-refractivity contribution in [2.75, 3.05) is 23.5 Å². The van der Waals surface area contributed by atoms with Crippen molar-refractivity contribution in [2.24, 2.45) is 0 Å². The molecular weight excluding hydrogens is 472 g/mol. The number of rotatable bonds is 6. The first-order valence-electron chi connectivity index (χ1n) is 8.79. The second-order valence-electron chi connectivity index (χ2n) is 6.25. The fraction of sp³-hybridized carbons (Fsp3) is 0.150. The van der Waals surface area contributed by atoms with Crippen LogP contribution in [0.25, 0.3) is 10.1 Å². The van der Waals surface area contributed by atoms with E-state index in [0.29, 0.717) is 15.3 Å². The molecule has 0 aliphatic heterocycles. The molecule has 2 N–H and O–H groups in total. The summed E-state index contributed by atoms with van der Waals surface area (Å²) in [6.07, 6.45) is -5.13. The predicted octanol–water partition coefficient (Wildman–Crippen LogP) is 5.06. The highest BCUT2D eigenvalue weighted by Crippen LogP contribution is 2.39. The Bertz CT molecular complexity index is 1190. The van der Waals surface area contributed by atoms with E-state index >= 15 is 0 Å². The van der Waals surface area contributed by atoms with Gasteiger partial charge in [0.15, 0.2) is 0 Å². The first kappa shape index (κ1) is 23.5. The van der Waals surface area contributed by atoms with Crippen molar-refractivity contribution >= 4 is 62.3 Å². The summed E-state index contributed by atoms with van der Waals surface area (Å²) >= 11 is 1.98. The van der Waals surface area contributed by atoms with Crippen LogP contribution >= 0.6 is 23.1 Å². The average Bonchev–Trinajstić information content (AvgIpc) is 3.08. The minimum atomic E-state index is -5.13. The maximum Gasteiger partial charge on any atom is 0.471 e. The molecule has 1 heterocycles. The molecule has 32 heavy (non-hydrogen) atoms. The molecule has 0 aliphatic rings. The van der Waals surface area contributed by atoms with Crippen LogP contribution in [0.3, 0.4) is 0 Å². The predicted molar refractivity (Wildman–Crippen MR) is 114 cm³/mol. The summed E-state index contributed by atoms with van der Waals surface area (Å²) in [6.45, 7) is 0.